The molecule has 4 aromatic rings. The van der Waals surface area contributed by atoms with E-state index in [-0.39, 0.29) is 79.1 Å². The van der Waals surface area contributed by atoms with Gasteiger partial charge in [0.05, 0.1) is 6.61 Å². The number of carboxylic acid groups (broad SMARTS) is 1. The molecule has 1 aliphatic heterocycles. The topological polar surface area (TPSA) is 180 Å². The van der Waals surface area contributed by atoms with Gasteiger partial charge in [-0.3, -0.25) is 24.0 Å². The van der Waals surface area contributed by atoms with E-state index in [0.29, 0.717) is 32.5 Å². The van der Waals surface area contributed by atoms with Crippen LogP contribution in [0.2, 0.25) is 0 Å². The first-order chi connectivity index (χ1) is 36.3. The van der Waals surface area contributed by atoms with E-state index in [9.17, 15) is 29.1 Å². The summed E-state index contributed by atoms with van der Waals surface area (Å²) >= 11 is 0. The van der Waals surface area contributed by atoms with Crippen molar-refractivity contribution in [3.05, 3.63) is 137 Å². The Kier molecular flexibility index (Phi) is 24.0. The average molecular weight is 1040 g/mol. The molecule has 0 radical (unpaired) electrons. The van der Waals surface area contributed by atoms with E-state index < -0.39 is 5.97 Å². The number of benzene rings is 4. The summed E-state index contributed by atoms with van der Waals surface area (Å²) in [6.45, 7) is 10.1. The van der Waals surface area contributed by atoms with Gasteiger partial charge in [0, 0.05) is 93.7 Å². The molecular formula is C62H89N7O7. The van der Waals surface area contributed by atoms with Crippen LogP contribution in [0.25, 0.3) is 0 Å². The molecule has 0 bridgehead atoms. The standard InChI is InChI=1S/C29H41N3O3.C17H24N2O3.C16H24N2O/c1-23-8-7-11-25(20-23)21-29(31(2)3)16-14-26(15-17-29)30-27(34)12-13-28(35)32(18-19-33)22-24-9-5-4-6-10-24;1-13-5-3-6-15(14(13)2)18-9-11-19(12-10-18)16(20)7-4-8-17(21)22;1-18(2)16(12-13-6-4-3-5-7-13)10-8-14(9-11-16)15(17)19/h4-11,20,26,33H,12-19,21-22H2,1-3H3,(H,30,34);3,5-6H,4,7-12H2,1-2H3,(H,21,22);3-7,14H,8-12H2,1-2H3,(H2,17,19). The number of likely N-dealkylation sites (N-methyl/N-ethyl adjacent to an activating group) is 2. The number of aryl methyl sites for hydroxylation is 2. The molecule has 0 unspecified atom stereocenters. The predicted octanol–water partition coefficient (Wildman–Crippen LogP) is 8.11. The van der Waals surface area contributed by atoms with Crippen LogP contribution in [0.15, 0.2) is 103 Å². The molecular weight excluding hydrogens is 955 g/mol. The van der Waals surface area contributed by atoms with Crippen molar-refractivity contribution in [1.82, 2.24) is 24.9 Å². The van der Waals surface area contributed by atoms with E-state index in [0.717, 1.165) is 82.9 Å². The smallest absolute Gasteiger partial charge is 0.303 e. The van der Waals surface area contributed by atoms with Crippen LogP contribution in [0.4, 0.5) is 5.69 Å². The Hall–Kier alpha value is -6.09. The number of nitrogens with zero attached hydrogens (tertiary/aromatic N) is 5. The van der Waals surface area contributed by atoms with Crippen molar-refractivity contribution in [2.45, 2.75) is 141 Å². The number of aliphatic hydroxyl groups is 1. The summed E-state index contributed by atoms with van der Waals surface area (Å²) < 4.78 is 0. The second-order valence-electron chi connectivity index (χ2n) is 21.9. The normalized spacial score (nSPS) is 20.4. The number of carbonyl (C=O) groups is 5. The van der Waals surface area contributed by atoms with Gasteiger partial charge >= 0.3 is 5.97 Å². The fraction of sp³-hybridized carbons (Fsp3) is 0.532. The molecule has 3 aliphatic rings. The quantitative estimate of drug-likeness (QED) is 0.0676. The van der Waals surface area contributed by atoms with Gasteiger partial charge in [-0.15, -0.1) is 0 Å². The van der Waals surface area contributed by atoms with Gasteiger partial charge in [-0.25, -0.2) is 0 Å². The molecule has 0 spiro atoms. The third kappa shape index (κ3) is 18.6. The lowest BCUT2D eigenvalue weighted by Crippen LogP contribution is -2.52. The molecule has 3 fully saturated rings. The van der Waals surface area contributed by atoms with Crippen molar-refractivity contribution in [2.75, 3.05) is 72.4 Å². The molecule has 76 heavy (non-hydrogen) atoms. The van der Waals surface area contributed by atoms with Gasteiger partial charge in [-0.05, 0) is 153 Å². The average Bonchev–Trinajstić information content (AvgIpc) is 3.41. The Bertz CT molecular complexity index is 2440. The molecule has 1 saturated heterocycles. The highest BCUT2D eigenvalue weighted by atomic mass is 16.4. The van der Waals surface area contributed by atoms with Crippen LogP contribution in [0.3, 0.4) is 0 Å². The molecule has 7 rings (SSSR count). The fourth-order valence-electron chi connectivity index (χ4n) is 11.2. The maximum atomic E-state index is 12.7. The number of hydrogen-bond acceptors (Lipinski definition) is 9. The number of carbonyl (C=O) groups excluding carboxylic acids is 4. The minimum Gasteiger partial charge on any atom is -0.481 e. The monoisotopic (exact) mass is 1040 g/mol. The van der Waals surface area contributed by atoms with Crippen molar-refractivity contribution >= 4 is 35.3 Å². The van der Waals surface area contributed by atoms with Crippen LogP contribution in [0.1, 0.15) is 117 Å². The number of aliphatic carboxylic acids is 1. The third-order valence-corrected chi connectivity index (χ3v) is 16.3. The first kappa shape index (κ1) is 60.8. The summed E-state index contributed by atoms with van der Waals surface area (Å²) in [5.74, 6) is -1.00. The number of aliphatic hydroxyl groups excluding tert-OH is 1. The highest BCUT2D eigenvalue weighted by molar-refractivity contribution is 5.84. The number of amides is 4. The molecule has 14 heteroatoms. The van der Waals surface area contributed by atoms with Gasteiger partial charge in [0.1, 0.15) is 0 Å². The molecule has 414 valence electrons. The Balaban J connectivity index is 0.000000224. The van der Waals surface area contributed by atoms with Crippen LogP contribution in [-0.4, -0.2) is 144 Å². The first-order valence-electron chi connectivity index (χ1n) is 27.6. The van der Waals surface area contributed by atoms with Crippen molar-refractivity contribution in [1.29, 1.82) is 0 Å². The first-order valence-corrected chi connectivity index (χ1v) is 27.6. The van der Waals surface area contributed by atoms with E-state index in [1.807, 2.05) is 35.2 Å². The Morgan fingerprint density at radius 2 is 1.21 bits per heavy atom. The highest BCUT2D eigenvalue weighted by Crippen LogP contribution is 2.38. The van der Waals surface area contributed by atoms with Gasteiger partial charge in [0.2, 0.25) is 23.6 Å². The van der Waals surface area contributed by atoms with Gasteiger partial charge in [-0.1, -0.05) is 103 Å². The maximum absolute atomic E-state index is 12.7. The second kappa shape index (κ2) is 30.0. The highest BCUT2D eigenvalue weighted by Gasteiger charge is 2.39. The predicted molar refractivity (Wildman–Crippen MR) is 304 cm³/mol. The van der Waals surface area contributed by atoms with Gasteiger partial charge in [0.15, 0.2) is 0 Å². The Morgan fingerprint density at radius 1 is 0.658 bits per heavy atom. The SMILES string of the molecule is CN(C)C1(Cc2ccccc2)CCC(C(N)=O)CC1.Cc1cccc(CC2(N(C)C)CCC(NC(=O)CCC(=O)N(CCO)Cc3ccccc3)CC2)c1.Cc1cccc(N2CCN(C(=O)CCCC(=O)O)CC2)c1C. The lowest BCUT2D eigenvalue weighted by Gasteiger charge is -2.45. The van der Waals surface area contributed by atoms with Crippen molar-refractivity contribution in [3.8, 4) is 0 Å². The number of piperazine rings is 1. The zero-order valence-electron chi connectivity index (χ0n) is 46.8. The van der Waals surface area contributed by atoms with Gasteiger partial charge in [0.25, 0.3) is 0 Å². The van der Waals surface area contributed by atoms with Crippen LogP contribution < -0.4 is 16.0 Å². The van der Waals surface area contributed by atoms with E-state index in [4.69, 9.17) is 10.8 Å². The van der Waals surface area contributed by atoms with Crippen LogP contribution in [0.5, 0.6) is 0 Å². The van der Waals surface area contributed by atoms with Crippen molar-refractivity contribution in [2.24, 2.45) is 11.7 Å². The van der Waals surface area contributed by atoms with Gasteiger partial charge < -0.3 is 45.8 Å². The number of hydrogen-bond donors (Lipinski definition) is 4. The summed E-state index contributed by atoms with van der Waals surface area (Å²) in [6, 6.07) is 35.5. The zero-order valence-corrected chi connectivity index (χ0v) is 46.8. The molecule has 4 aromatic carbocycles. The van der Waals surface area contributed by atoms with Crippen LogP contribution >= 0.6 is 0 Å². The minimum atomic E-state index is -0.840. The van der Waals surface area contributed by atoms with E-state index >= 15 is 0 Å². The number of rotatable bonds is 20. The number of nitrogens with one attached hydrogen (secondary N) is 1. The number of anilines is 1. The molecule has 2 aliphatic carbocycles. The number of primary amides is 1. The lowest BCUT2D eigenvalue weighted by molar-refractivity contribution is -0.137. The molecule has 0 aromatic heterocycles. The Morgan fingerprint density at radius 3 is 1.76 bits per heavy atom. The van der Waals surface area contributed by atoms with Crippen LogP contribution in [-0.2, 0) is 43.4 Å². The third-order valence-electron chi connectivity index (χ3n) is 16.3. The molecule has 2 saturated carbocycles. The molecule has 0 atom stereocenters. The Labute approximate surface area is 454 Å². The lowest BCUT2D eigenvalue weighted by atomic mass is 9.72. The van der Waals surface area contributed by atoms with E-state index in [2.05, 4.69) is 142 Å². The molecule has 1 heterocycles. The summed E-state index contributed by atoms with van der Waals surface area (Å²) in [5.41, 5.74) is 14.6. The van der Waals surface area contributed by atoms with E-state index in [1.54, 1.807) is 4.90 Å². The molecule has 4 amide bonds. The van der Waals surface area contributed by atoms with Crippen molar-refractivity contribution in [3.63, 3.8) is 0 Å². The number of nitrogens with two attached hydrogens (primary N) is 1. The summed E-state index contributed by atoms with van der Waals surface area (Å²) in [5, 5.41) is 21.1. The van der Waals surface area contributed by atoms with Crippen LogP contribution in [0, 0.1) is 26.7 Å². The summed E-state index contributed by atoms with van der Waals surface area (Å²) in [6.07, 6.45) is 11.1. The molecule has 14 nitrogen and oxygen atoms in total. The largest absolute Gasteiger partial charge is 0.481 e. The zero-order chi connectivity index (χ0) is 55.3. The second-order valence-corrected chi connectivity index (χ2v) is 21.9. The molecule has 5 N–H and O–H groups in total. The van der Waals surface area contributed by atoms with Crippen molar-refractivity contribution < 1.29 is 34.2 Å². The maximum Gasteiger partial charge on any atom is 0.303 e. The van der Waals surface area contributed by atoms with E-state index in [1.165, 1.54) is 33.5 Å². The summed E-state index contributed by atoms with van der Waals surface area (Å²) in [4.78, 5) is 69.7. The minimum absolute atomic E-state index is 0.0637. The number of carboxylic acids is 1. The fourth-order valence-corrected chi connectivity index (χ4v) is 11.2. The summed E-state index contributed by atoms with van der Waals surface area (Å²) in [7, 11) is 8.61. The van der Waals surface area contributed by atoms with Gasteiger partial charge in [-0.2, -0.15) is 0 Å².